The highest BCUT2D eigenvalue weighted by molar-refractivity contribution is 5.89. The van der Waals surface area contributed by atoms with Gasteiger partial charge in [-0.25, -0.2) is 14.8 Å². The molecule has 0 saturated carbocycles. The van der Waals surface area contributed by atoms with E-state index in [0.717, 1.165) is 24.3 Å². The summed E-state index contributed by atoms with van der Waals surface area (Å²) in [4.78, 5) is 36.3. The molecule has 182 valence electrons. The summed E-state index contributed by atoms with van der Waals surface area (Å²) >= 11 is 0. The van der Waals surface area contributed by atoms with Crippen molar-refractivity contribution in [3.8, 4) is 0 Å². The number of benzene rings is 1. The lowest BCUT2D eigenvalue weighted by Gasteiger charge is -2.33. The Morgan fingerprint density at radius 3 is 2.49 bits per heavy atom. The molecule has 12 nitrogen and oxygen atoms in total. The van der Waals surface area contributed by atoms with Gasteiger partial charge in [0.15, 0.2) is 11.6 Å². The molecule has 35 heavy (non-hydrogen) atoms. The summed E-state index contributed by atoms with van der Waals surface area (Å²) in [6, 6.07) is 8.58. The Hall–Kier alpha value is -4.32. The molecule has 2 N–H and O–H groups in total. The maximum Gasteiger partial charge on any atom is 0.353 e. The largest absolute Gasteiger partial charge is 0.465 e. The SMILES string of the molecule is COC(=O)c1ccc(/C=C/c2nc(Nc3cc(C)[nH]n3)c([N+](=O)[O-])c(N3CCN(C)CC3)n2)cc1. The number of hydrogen-bond acceptors (Lipinski definition) is 10. The summed E-state index contributed by atoms with van der Waals surface area (Å²) in [6.07, 6.45) is 3.45. The van der Waals surface area contributed by atoms with E-state index in [1.165, 1.54) is 7.11 Å². The van der Waals surface area contributed by atoms with E-state index < -0.39 is 10.9 Å². The summed E-state index contributed by atoms with van der Waals surface area (Å²) in [7, 11) is 3.34. The molecule has 12 heteroatoms. The maximum absolute atomic E-state index is 12.1. The Morgan fingerprint density at radius 1 is 1.17 bits per heavy atom. The van der Waals surface area contributed by atoms with Gasteiger partial charge in [0, 0.05) is 37.9 Å². The van der Waals surface area contributed by atoms with E-state index >= 15 is 0 Å². The number of aryl methyl sites for hydroxylation is 1. The number of nitrogens with zero attached hydrogens (tertiary/aromatic N) is 6. The van der Waals surface area contributed by atoms with Crippen LogP contribution in [-0.2, 0) is 4.74 Å². The average Bonchev–Trinajstić information content (AvgIpc) is 3.26. The van der Waals surface area contributed by atoms with Gasteiger partial charge in [-0.15, -0.1) is 0 Å². The minimum atomic E-state index is -0.464. The Bertz CT molecular complexity index is 1250. The van der Waals surface area contributed by atoms with Gasteiger partial charge in [-0.3, -0.25) is 15.2 Å². The average molecular weight is 479 g/mol. The van der Waals surface area contributed by atoms with Gasteiger partial charge in [0.1, 0.15) is 0 Å². The molecular weight excluding hydrogens is 452 g/mol. The molecule has 1 saturated heterocycles. The van der Waals surface area contributed by atoms with Crippen molar-refractivity contribution in [1.82, 2.24) is 25.1 Å². The molecule has 0 bridgehead atoms. The second-order valence-corrected chi connectivity index (χ2v) is 8.16. The van der Waals surface area contributed by atoms with Crippen LogP contribution in [0, 0.1) is 17.0 Å². The molecule has 3 heterocycles. The molecule has 0 amide bonds. The Balaban J connectivity index is 1.72. The number of nitrogens with one attached hydrogen (secondary N) is 2. The monoisotopic (exact) mass is 478 g/mol. The van der Waals surface area contributed by atoms with Crippen LogP contribution in [0.5, 0.6) is 0 Å². The molecular formula is C23H26N8O4. The van der Waals surface area contributed by atoms with Gasteiger partial charge in [-0.2, -0.15) is 5.10 Å². The molecule has 3 aromatic rings. The molecule has 0 unspecified atom stereocenters. The van der Waals surface area contributed by atoms with Crippen LogP contribution < -0.4 is 10.2 Å². The van der Waals surface area contributed by atoms with Gasteiger partial charge in [-0.1, -0.05) is 18.2 Å². The third-order valence-corrected chi connectivity index (χ3v) is 5.58. The van der Waals surface area contributed by atoms with Crippen LogP contribution >= 0.6 is 0 Å². The number of methoxy groups -OCH3 is 1. The molecule has 0 aliphatic carbocycles. The first-order valence-corrected chi connectivity index (χ1v) is 11.0. The number of rotatable bonds is 7. The molecule has 1 fully saturated rings. The topological polar surface area (TPSA) is 142 Å². The second-order valence-electron chi connectivity index (χ2n) is 8.16. The standard InChI is InChI=1S/C23H26N8O4/c1-15-14-19(28-27-15)25-21-20(31(33)34)22(30-12-10-29(2)11-13-30)26-18(24-21)9-6-16-4-7-17(8-5-16)23(32)35-3/h4-9,14H,10-13H2,1-3H3,(H2,24,25,26,27,28)/b9-6+. The van der Waals surface area contributed by atoms with Crippen LogP contribution in [-0.4, -0.2) is 76.3 Å². The van der Waals surface area contributed by atoms with Crippen molar-refractivity contribution in [3.05, 3.63) is 63.1 Å². The minimum Gasteiger partial charge on any atom is -0.465 e. The number of piperazine rings is 1. The quantitative estimate of drug-likeness (QED) is 0.296. The molecule has 4 rings (SSSR count). The number of aromatic nitrogens is 4. The fourth-order valence-corrected chi connectivity index (χ4v) is 3.65. The number of carbonyl (C=O) groups is 1. The van der Waals surface area contributed by atoms with Crippen molar-refractivity contribution in [1.29, 1.82) is 0 Å². The lowest BCUT2D eigenvalue weighted by molar-refractivity contribution is -0.383. The highest BCUT2D eigenvalue weighted by atomic mass is 16.6. The van der Waals surface area contributed by atoms with Crippen LogP contribution in [0.25, 0.3) is 12.2 Å². The van der Waals surface area contributed by atoms with Crippen LogP contribution in [0.15, 0.2) is 30.3 Å². The minimum absolute atomic E-state index is 0.0612. The fourth-order valence-electron chi connectivity index (χ4n) is 3.65. The van der Waals surface area contributed by atoms with E-state index in [1.54, 1.807) is 42.5 Å². The highest BCUT2D eigenvalue weighted by Crippen LogP contribution is 2.35. The van der Waals surface area contributed by atoms with Crippen molar-refractivity contribution >= 4 is 41.3 Å². The number of nitro groups is 1. The molecule has 1 aliphatic heterocycles. The van der Waals surface area contributed by atoms with Gasteiger partial charge in [-0.05, 0) is 37.7 Å². The van der Waals surface area contributed by atoms with E-state index in [9.17, 15) is 14.9 Å². The van der Waals surface area contributed by atoms with Crippen LogP contribution in [0.3, 0.4) is 0 Å². The molecule has 0 spiro atoms. The summed E-state index contributed by atoms with van der Waals surface area (Å²) < 4.78 is 4.72. The van der Waals surface area contributed by atoms with E-state index in [2.05, 4.69) is 30.4 Å². The summed E-state index contributed by atoms with van der Waals surface area (Å²) in [5, 5.41) is 22.0. The van der Waals surface area contributed by atoms with Gasteiger partial charge in [0.05, 0.1) is 17.6 Å². The first-order valence-electron chi connectivity index (χ1n) is 11.0. The highest BCUT2D eigenvalue weighted by Gasteiger charge is 2.30. The molecule has 2 aromatic heterocycles. The van der Waals surface area contributed by atoms with Crippen molar-refractivity contribution in [2.45, 2.75) is 6.92 Å². The Kier molecular flexibility index (Phi) is 7.01. The molecule has 0 atom stereocenters. The van der Waals surface area contributed by atoms with Crippen molar-refractivity contribution in [2.75, 3.05) is 50.6 Å². The smallest absolute Gasteiger partial charge is 0.353 e. The molecule has 1 aromatic carbocycles. The number of esters is 1. The second kappa shape index (κ2) is 10.3. The zero-order valence-corrected chi connectivity index (χ0v) is 19.7. The lowest BCUT2D eigenvalue weighted by Crippen LogP contribution is -2.45. The van der Waals surface area contributed by atoms with Gasteiger partial charge < -0.3 is 19.9 Å². The number of H-pyrrole nitrogens is 1. The van der Waals surface area contributed by atoms with E-state index in [4.69, 9.17) is 4.74 Å². The zero-order valence-electron chi connectivity index (χ0n) is 19.7. The lowest BCUT2D eigenvalue weighted by atomic mass is 10.1. The third kappa shape index (κ3) is 5.61. The van der Waals surface area contributed by atoms with Crippen LogP contribution in [0.2, 0.25) is 0 Å². The van der Waals surface area contributed by atoms with Crippen LogP contribution in [0.1, 0.15) is 27.4 Å². The normalized spacial score (nSPS) is 14.3. The fraction of sp³-hybridized carbons (Fsp3) is 0.304. The van der Waals surface area contributed by atoms with E-state index in [0.29, 0.717) is 30.3 Å². The van der Waals surface area contributed by atoms with Crippen molar-refractivity contribution in [2.24, 2.45) is 0 Å². The Labute approximate surface area is 201 Å². The summed E-state index contributed by atoms with van der Waals surface area (Å²) in [5.74, 6) is 0.623. The van der Waals surface area contributed by atoms with E-state index in [-0.39, 0.29) is 17.3 Å². The number of anilines is 3. The van der Waals surface area contributed by atoms with Crippen molar-refractivity contribution in [3.63, 3.8) is 0 Å². The molecule has 0 radical (unpaired) electrons. The first-order chi connectivity index (χ1) is 16.8. The van der Waals surface area contributed by atoms with E-state index in [1.807, 2.05) is 18.9 Å². The number of carbonyl (C=O) groups excluding carboxylic acids is 1. The zero-order chi connectivity index (χ0) is 24.9. The molecule has 1 aliphatic rings. The third-order valence-electron chi connectivity index (χ3n) is 5.58. The van der Waals surface area contributed by atoms with Crippen LogP contribution in [0.4, 0.5) is 23.1 Å². The van der Waals surface area contributed by atoms with Gasteiger partial charge in [0.25, 0.3) is 0 Å². The number of ether oxygens (including phenoxy) is 1. The number of aromatic amines is 1. The Morgan fingerprint density at radius 2 is 1.89 bits per heavy atom. The predicted molar refractivity (Wildman–Crippen MR) is 132 cm³/mol. The predicted octanol–water partition coefficient (Wildman–Crippen LogP) is 2.87. The first kappa shape index (κ1) is 23.8. The van der Waals surface area contributed by atoms with Gasteiger partial charge in [0.2, 0.25) is 11.6 Å². The van der Waals surface area contributed by atoms with Crippen molar-refractivity contribution < 1.29 is 14.5 Å². The maximum atomic E-state index is 12.1. The number of hydrogen-bond donors (Lipinski definition) is 2. The van der Waals surface area contributed by atoms with Gasteiger partial charge >= 0.3 is 11.7 Å². The number of likely N-dealkylation sites (N-methyl/N-ethyl adjacent to an activating group) is 1. The summed E-state index contributed by atoms with van der Waals surface area (Å²) in [5.41, 5.74) is 1.85. The summed E-state index contributed by atoms with van der Waals surface area (Å²) in [6.45, 7) is 4.57.